The van der Waals surface area contributed by atoms with Gasteiger partial charge in [0.25, 0.3) is 0 Å². The largest absolute Gasteiger partial charge is 0.302 e. The average Bonchev–Trinajstić information content (AvgIpc) is 1.65. The van der Waals surface area contributed by atoms with Gasteiger partial charge in [0.2, 0.25) is 5.12 Å². The fourth-order valence-electron chi connectivity index (χ4n) is 0.323. The summed E-state index contributed by atoms with van der Waals surface area (Å²) in [6.45, 7) is 0.543. The second-order valence-corrected chi connectivity index (χ2v) is 2.68. The third kappa shape index (κ3) is 4.15. The Balaban J connectivity index is 3.25. The molecule has 48 valence electrons. The van der Waals surface area contributed by atoms with E-state index in [1.807, 2.05) is 19.0 Å². The molecule has 0 aliphatic rings. The average molecular weight is 133 g/mol. The van der Waals surface area contributed by atoms with Gasteiger partial charge in [-0.05, 0) is 20.4 Å². The van der Waals surface area contributed by atoms with Crippen LogP contribution in [-0.2, 0) is 4.79 Å². The first kappa shape index (κ1) is 7.98. The van der Waals surface area contributed by atoms with Crippen molar-refractivity contribution >= 4 is 16.9 Å². The van der Waals surface area contributed by atoms with Crippen LogP contribution in [0, 0.1) is 0 Å². The van der Waals surface area contributed by atoms with Gasteiger partial charge in [0, 0.05) is 0 Å². The first-order chi connectivity index (χ1) is 3.66. The molecule has 0 amide bonds. The highest BCUT2D eigenvalue weighted by molar-refractivity contribution is 8.13. The second-order valence-electron chi connectivity index (χ2n) is 1.81. The van der Waals surface area contributed by atoms with Gasteiger partial charge >= 0.3 is 0 Å². The smallest absolute Gasteiger partial charge is 0.202 e. The Bertz CT molecular complexity index is 82.5. The third-order valence-electron chi connectivity index (χ3n) is 0.673. The molecule has 0 aromatic rings. The van der Waals surface area contributed by atoms with Crippen molar-refractivity contribution in [3.63, 3.8) is 0 Å². The lowest BCUT2D eigenvalue weighted by Gasteiger charge is -2.04. The van der Waals surface area contributed by atoms with Crippen LogP contribution in [0.25, 0.3) is 0 Å². The maximum absolute atomic E-state index is 10.5. The van der Waals surface area contributed by atoms with Gasteiger partial charge in [0.1, 0.15) is 0 Å². The standard InChI is InChI=1S/C5H11NOS/c1-6(2)4-5(7)8-3/h4H2,1-3H3. The normalized spacial score (nSPS) is 10.0. The molecule has 0 unspecified atom stereocenters. The molecule has 0 saturated carbocycles. The highest BCUT2D eigenvalue weighted by Crippen LogP contribution is 1.93. The van der Waals surface area contributed by atoms with E-state index < -0.39 is 0 Å². The molecule has 0 saturated heterocycles. The fraction of sp³-hybridized carbons (Fsp3) is 0.800. The molecule has 8 heavy (non-hydrogen) atoms. The summed E-state index contributed by atoms with van der Waals surface area (Å²) >= 11 is 1.27. The molecule has 0 spiro atoms. The zero-order valence-corrected chi connectivity index (χ0v) is 6.29. The first-order valence-electron chi connectivity index (χ1n) is 2.38. The zero-order valence-electron chi connectivity index (χ0n) is 5.47. The Morgan fingerprint density at radius 3 is 2.25 bits per heavy atom. The molecule has 0 atom stereocenters. The summed E-state index contributed by atoms with van der Waals surface area (Å²) in [5.74, 6) is 0. The molecule has 2 nitrogen and oxygen atoms in total. The van der Waals surface area contributed by atoms with E-state index in [9.17, 15) is 4.79 Å². The van der Waals surface area contributed by atoms with E-state index in [1.165, 1.54) is 11.8 Å². The van der Waals surface area contributed by atoms with Crippen molar-refractivity contribution in [1.82, 2.24) is 4.90 Å². The number of thioether (sulfide) groups is 1. The predicted molar refractivity (Wildman–Crippen MR) is 37.1 cm³/mol. The molecule has 0 heterocycles. The van der Waals surface area contributed by atoms with Gasteiger partial charge in [0.05, 0.1) is 6.54 Å². The van der Waals surface area contributed by atoms with E-state index in [0.29, 0.717) is 6.54 Å². The highest BCUT2D eigenvalue weighted by Gasteiger charge is 1.97. The summed E-state index contributed by atoms with van der Waals surface area (Å²) < 4.78 is 0. The minimum Gasteiger partial charge on any atom is -0.302 e. The lowest BCUT2D eigenvalue weighted by Crippen LogP contribution is -2.18. The first-order valence-corrected chi connectivity index (χ1v) is 3.61. The molecule has 0 aliphatic heterocycles. The van der Waals surface area contributed by atoms with Gasteiger partial charge in [-0.15, -0.1) is 0 Å². The summed E-state index contributed by atoms with van der Waals surface area (Å²) in [7, 11) is 3.77. The quantitative estimate of drug-likeness (QED) is 0.545. The molecule has 0 aromatic carbocycles. The van der Waals surface area contributed by atoms with Gasteiger partial charge in [-0.25, -0.2) is 0 Å². The van der Waals surface area contributed by atoms with Crippen LogP contribution in [0.3, 0.4) is 0 Å². The number of hydrogen-bond donors (Lipinski definition) is 0. The van der Waals surface area contributed by atoms with Crippen molar-refractivity contribution in [3.8, 4) is 0 Å². The molecule has 0 bridgehead atoms. The summed E-state index contributed by atoms with van der Waals surface area (Å²) in [5, 5.41) is 0.218. The summed E-state index contributed by atoms with van der Waals surface area (Å²) in [5.41, 5.74) is 0. The maximum atomic E-state index is 10.5. The van der Waals surface area contributed by atoms with Gasteiger partial charge < -0.3 is 4.90 Å². The van der Waals surface area contributed by atoms with Crippen LogP contribution in [0.15, 0.2) is 0 Å². The lowest BCUT2D eigenvalue weighted by atomic mass is 10.7. The highest BCUT2D eigenvalue weighted by atomic mass is 32.2. The van der Waals surface area contributed by atoms with Gasteiger partial charge in [0.15, 0.2) is 0 Å². The maximum Gasteiger partial charge on any atom is 0.202 e. The van der Waals surface area contributed by atoms with Crippen molar-refractivity contribution in [3.05, 3.63) is 0 Å². The number of rotatable bonds is 2. The Morgan fingerprint density at radius 2 is 2.12 bits per heavy atom. The van der Waals surface area contributed by atoms with Crippen molar-refractivity contribution < 1.29 is 4.79 Å². The van der Waals surface area contributed by atoms with E-state index in [0.717, 1.165) is 0 Å². The van der Waals surface area contributed by atoms with Crippen molar-refractivity contribution in [2.24, 2.45) is 0 Å². The number of hydrogen-bond acceptors (Lipinski definition) is 3. The van der Waals surface area contributed by atoms with E-state index in [-0.39, 0.29) is 5.12 Å². The Morgan fingerprint density at radius 1 is 1.62 bits per heavy atom. The van der Waals surface area contributed by atoms with Crippen molar-refractivity contribution in [2.45, 2.75) is 0 Å². The molecule has 0 aliphatic carbocycles. The minimum atomic E-state index is 0.218. The number of carbonyl (C=O) groups excluding carboxylic acids is 1. The Labute approximate surface area is 54.2 Å². The van der Waals surface area contributed by atoms with Crippen LogP contribution in [-0.4, -0.2) is 36.9 Å². The number of nitrogens with zero attached hydrogens (tertiary/aromatic N) is 1. The Hall–Kier alpha value is -0.0200. The monoisotopic (exact) mass is 133 g/mol. The molecule has 0 aromatic heterocycles. The summed E-state index contributed by atoms with van der Waals surface area (Å²) in [4.78, 5) is 12.4. The minimum absolute atomic E-state index is 0.218. The van der Waals surface area contributed by atoms with Crippen LogP contribution in [0.5, 0.6) is 0 Å². The van der Waals surface area contributed by atoms with E-state index in [2.05, 4.69) is 0 Å². The van der Waals surface area contributed by atoms with Crippen LogP contribution < -0.4 is 0 Å². The van der Waals surface area contributed by atoms with E-state index in [4.69, 9.17) is 0 Å². The van der Waals surface area contributed by atoms with Gasteiger partial charge in [-0.2, -0.15) is 0 Å². The topological polar surface area (TPSA) is 20.3 Å². The van der Waals surface area contributed by atoms with Crippen LogP contribution in [0.4, 0.5) is 0 Å². The van der Waals surface area contributed by atoms with Gasteiger partial charge in [-0.1, -0.05) is 11.8 Å². The van der Waals surface area contributed by atoms with Gasteiger partial charge in [-0.3, -0.25) is 4.79 Å². The summed E-state index contributed by atoms with van der Waals surface area (Å²) in [6, 6.07) is 0. The van der Waals surface area contributed by atoms with E-state index in [1.54, 1.807) is 6.26 Å². The summed E-state index contributed by atoms with van der Waals surface area (Å²) in [6.07, 6.45) is 1.80. The zero-order chi connectivity index (χ0) is 6.57. The fourth-order valence-corrected chi connectivity index (χ4v) is 0.710. The molecule has 0 radical (unpaired) electrons. The van der Waals surface area contributed by atoms with Crippen LogP contribution in [0.1, 0.15) is 0 Å². The molecule has 0 rings (SSSR count). The number of carbonyl (C=O) groups is 1. The SMILES string of the molecule is CSC(=O)CN(C)C. The van der Waals surface area contributed by atoms with E-state index >= 15 is 0 Å². The second kappa shape index (κ2) is 3.92. The molecule has 0 N–H and O–H groups in total. The predicted octanol–water partition coefficient (Wildman–Crippen LogP) is 0.438. The third-order valence-corrected chi connectivity index (χ3v) is 1.26. The van der Waals surface area contributed by atoms with Crippen molar-refractivity contribution in [2.75, 3.05) is 26.9 Å². The molecule has 0 fully saturated rings. The van der Waals surface area contributed by atoms with Crippen LogP contribution >= 0.6 is 11.8 Å². The number of likely N-dealkylation sites (N-methyl/N-ethyl adjacent to an activating group) is 1. The molecular formula is C5H11NOS. The van der Waals surface area contributed by atoms with Crippen molar-refractivity contribution in [1.29, 1.82) is 0 Å². The molecule has 3 heteroatoms. The molecular weight excluding hydrogens is 122 g/mol. The lowest BCUT2D eigenvalue weighted by molar-refractivity contribution is -0.111. The van der Waals surface area contributed by atoms with Crippen LogP contribution in [0.2, 0.25) is 0 Å². The Kier molecular flexibility index (Phi) is 3.91.